The molecule has 5 heteroatoms. The number of benzene rings is 1. The molecule has 0 spiro atoms. The van der Waals surface area contributed by atoms with Crippen LogP contribution in [0.3, 0.4) is 0 Å². The van der Waals surface area contributed by atoms with Gasteiger partial charge in [-0.2, -0.15) is 0 Å². The summed E-state index contributed by atoms with van der Waals surface area (Å²) in [6, 6.07) is 6.12. The van der Waals surface area contributed by atoms with Crippen molar-refractivity contribution < 1.29 is 9.47 Å². The Morgan fingerprint density at radius 2 is 2.19 bits per heavy atom. The second-order valence-electron chi connectivity index (χ2n) is 5.84. The van der Waals surface area contributed by atoms with Gasteiger partial charge in [0.25, 0.3) is 0 Å². The molecule has 1 heterocycles. The minimum absolute atomic E-state index is 0.366. The van der Waals surface area contributed by atoms with E-state index in [2.05, 4.69) is 15.6 Å². The molecule has 2 aromatic rings. The van der Waals surface area contributed by atoms with Gasteiger partial charge in [0.1, 0.15) is 11.3 Å². The number of para-hydroxylation sites is 1. The fourth-order valence-corrected chi connectivity index (χ4v) is 3.17. The number of hydrogen-bond acceptors (Lipinski definition) is 3. The van der Waals surface area contributed by atoms with Gasteiger partial charge in [0.15, 0.2) is 4.77 Å². The highest BCUT2D eigenvalue weighted by Gasteiger charge is 2.42. The molecule has 1 aromatic heterocycles. The van der Waals surface area contributed by atoms with Crippen LogP contribution in [0.15, 0.2) is 18.2 Å². The summed E-state index contributed by atoms with van der Waals surface area (Å²) in [5.41, 5.74) is 2.51. The van der Waals surface area contributed by atoms with Crippen molar-refractivity contribution in [3.8, 4) is 5.75 Å². The van der Waals surface area contributed by atoms with Gasteiger partial charge in [-0.25, -0.2) is 0 Å². The normalized spacial score (nSPS) is 16.3. The summed E-state index contributed by atoms with van der Waals surface area (Å²) in [6.45, 7) is 4.43. The Bertz CT molecular complexity index is 685. The van der Waals surface area contributed by atoms with Gasteiger partial charge in [-0.1, -0.05) is 6.07 Å². The number of aromatic nitrogens is 2. The van der Waals surface area contributed by atoms with E-state index >= 15 is 0 Å². The highest BCUT2D eigenvalue weighted by atomic mass is 32.1. The van der Waals surface area contributed by atoms with Crippen LogP contribution in [0.2, 0.25) is 0 Å². The van der Waals surface area contributed by atoms with Gasteiger partial charge < -0.3 is 19.0 Å². The minimum atomic E-state index is 0.366. The molecule has 0 amide bonds. The molecule has 1 saturated carbocycles. The predicted octanol–water partition coefficient (Wildman–Crippen LogP) is 3.91. The van der Waals surface area contributed by atoms with Gasteiger partial charge in [0, 0.05) is 20.3 Å². The molecular weight excluding hydrogens is 284 g/mol. The number of H-pyrrole nitrogens is 1. The topological polar surface area (TPSA) is 39.2 Å². The maximum Gasteiger partial charge on any atom is 0.178 e. The van der Waals surface area contributed by atoms with E-state index in [1.54, 1.807) is 7.11 Å². The molecule has 4 nitrogen and oxygen atoms in total. The smallest absolute Gasteiger partial charge is 0.178 e. The molecule has 0 aliphatic heterocycles. The summed E-state index contributed by atoms with van der Waals surface area (Å²) in [5, 5.41) is 0. The van der Waals surface area contributed by atoms with E-state index in [1.807, 2.05) is 19.1 Å². The van der Waals surface area contributed by atoms with Crippen LogP contribution in [0.1, 0.15) is 26.2 Å². The van der Waals surface area contributed by atoms with Crippen LogP contribution in [0.5, 0.6) is 5.75 Å². The van der Waals surface area contributed by atoms with Crippen LogP contribution in [0.4, 0.5) is 0 Å². The summed E-state index contributed by atoms with van der Waals surface area (Å²) in [7, 11) is 1.77. The molecule has 1 fully saturated rings. The number of aromatic amines is 1. The van der Waals surface area contributed by atoms with Crippen LogP contribution in [-0.4, -0.2) is 29.9 Å². The van der Waals surface area contributed by atoms with Crippen LogP contribution in [0, 0.1) is 10.2 Å². The number of rotatable bonds is 7. The lowest BCUT2D eigenvalue weighted by Crippen LogP contribution is -2.14. The maximum absolute atomic E-state index is 5.69. The number of methoxy groups -OCH3 is 1. The first-order valence-corrected chi connectivity index (χ1v) is 7.93. The lowest BCUT2D eigenvalue weighted by molar-refractivity contribution is 0.167. The maximum atomic E-state index is 5.69. The molecule has 1 aromatic carbocycles. The first-order valence-electron chi connectivity index (χ1n) is 7.52. The zero-order chi connectivity index (χ0) is 14.9. The average Bonchev–Trinajstić information content (AvgIpc) is 3.18. The molecule has 1 aliphatic rings. The fraction of sp³-hybridized carbons (Fsp3) is 0.562. The Kier molecular flexibility index (Phi) is 4.04. The molecule has 0 unspecified atom stereocenters. The quantitative estimate of drug-likeness (QED) is 0.788. The summed E-state index contributed by atoms with van der Waals surface area (Å²) in [4.78, 5) is 3.31. The van der Waals surface area contributed by atoms with Crippen molar-refractivity contribution >= 4 is 23.3 Å². The van der Waals surface area contributed by atoms with Gasteiger partial charge in [-0.15, -0.1) is 0 Å². The predicted molar refractivity (Wildman–Crippen MR) is 86.5 cm³/mol. The Labute approximate surface area is 130 Å². The third-order valence-corrected chi connectivity index (χ3v) is 4.68. The third-order valence-electron chi connectivity index (χ3n) is 4.36. The first-order chi connectivity index (χ1) is 10.2. The molecular formula is C16H22N2O2S. The van der Waals surface area contributed by atoms with Crippen LogP contribution in [0.25, 0.3) is 11.0 Å². The number of imidazole rings is 1. The van der Waals surface area contributed by atoms with Crippen molar-refractivity contribution in [2.24, 2.45) is 5.41 Å². The van der Waals surface area contributed by atoms with Gasteiger partial charge >= 0.3 is 0 Å². The number of nitrogens with zero attached hydrogens (tertiary/aromatic N) is 1. The number of ether oxygens (including phenoxy) is 2. The lowest BCUT2D eigenvalue weighted by Gasteiger charge is -2.16. The second-order valence-corrected chi connectivity index (χ2v) is 6.23. The lowest BCUT2D eigenvalue weighted by atomic mass is 10.0. The Balaban J connectivity index is 1.94. The fourth-order valence-electron chi connectivity index (χ4n) is 2.90. The molecule has 1 N–H and O–H groups in total. The van der Waals surface area contributed by atoms with Crippen molar-refractivity contribution in [1.29, 1.82) is 0 Å². The third kappa shape index (κ3) is 2.85. The zero-order valence-electron chi connectivity index (χ0n) is 12.6. The summed E-state index contributed by atoms with van der Waals surface area (Å²) in [6.07, 6.45) is 3.62. The highest BCUT2D eigenvalue weighted by Crippen LogP contribution is 2.50. The number of nitrogens with one attached hydrogen (secondary N) is 1. The standard InChI is InChI=1S/C16H22N2O2S/c1-3-20-13-6-4-5-12-14(13)17-15(21)18(12)11-16(7-8-16)9-10-19-2/h4-6H,3,7-11H2,1-2H3,(H,17,21). The molecule has 0 radical (unpaired) electrons. The molecule has 3 rings (SSSR count). The van der Waals surface area contributed by atoms with Crippen molar-refractivity contribution in [1.82, 2.24) is 9.55 Å². The summed E-state index contributed by atoms with van der Waals surface area (Å²) >= 11 is 5.53. The Morgan fingerprint density at radius 1 is 1.38 bits per heavy atom. The average molecular weight is 306 g/mol. The van der Waals surface area contributed by atoms with Crippen molar-refractivity contribution in [3.05, 3.63) is 23.0 Å². The SMILES string of the molecule is CCOc1cccc2c1[nH]c(=S)n2CC1(CCOC)CC1. The first kappa shape index (κ1) is 14.6. The minimum Gasteiger partial charge on any atom is -0.492 e. The van der Waals surface area contributed by atoms with E-state index in [1.165, 1.54) is 12.8 Å². The Morgan fingerprint density at radius 3 is 2.86 bits per heavy atom. The van der Waals surface area contributed by atoms with E-state index in [4.69, 9.17) is 21.7 Å². The van der Waals surface area contributed by atoms with E-state index in [-0.39, 0.29) is 0 Å². The number of hydrogen-bond donors (Lipinski definition) is 1. The second kappa shape index (κ2) is 5.81. The molecule has 21 heavy (non-hydrogen) atoms. The highest BCUT2D eigenvalue weighted by molar-refractivity contribution is 7.71. The molecule has 0 atom stereocenters. The number of fused-ring (bicyclic) bond motifs is 1. The van der Waals surface area contributed by atoms with Gasteiger partial charge in [0.2, 0.25) is 0 Å². The molecule has 114 valence electrons. The molecule has 1 aliphatic carbocycles. The summed E-state index contributed by atoms with van der Waals surface area (Å²) in [5.74, 6) is 0.876. The van der Waals surface area contributed by atoms with Gasteiger partial charge in [0.05, 0.1) is 12.1 Å². The van der Waals surface area contributed by atoms with Gasteiger partial charge in [-0.3, -0.25) is 0 Å². The van der Waals surface area contributed by atoms with Crippen molar-refractivity contribution in [2.75, 3.05) is 20.3 Å². The zero-order valence-corrected chi connectivity index (χ0v) is 13.5. The van der Waals surface area contributed by atoms with Gasteiger partial charge in [-0.05, 0) is 56.0 Å². The van der Waals surface area contributed by atoms with Crippen molar-refractivity contribution in [2.45, 2.75) is 32.7 Å². The molecule has 0 saturated heterocycles. The van der Waals surface area contributed by atoms with E-state index in [0.29, 0.717) is 12.0 Å². The van der Waals surface area contributed by atoms with E-state index in [0.717, 1.165) is 41.1 Å². The Hall–Kier alpha value is -1.33. The van der Waals surface area contributed by atoms with Crippen LogP contribution in [-0.2, 0) is 11.3 Å². The van der Waals surface area contributed by atoms with Crippen molar-refractivity contribution in [3.63, 3.8) is 0 Å². The van der Waals surface area contributed by atoms with Crippen LogP contribution < -0.4 is 4.74 Å². The monoisotopic (exact) mass is 306 g/mol. The van der Waals surface area contributed by atoms with E-state index < -0.39 is 0 Å². The van der Waals surface area contributed by atoms with E-state index in [9.17, 15) is 0 Å². The largest absolute Gasteiger partial charge is 0.492 e. The molecule has 0 bridgehead atoms. The van der Waals surface area contributed by atoms with Crippen LogP contribution >= 0.6 is 12.2 Å². The summed E-state index contributed by atoms with van der Waals surface area (Å²) < 4.78 is 13.9.